The highest BCUT2D eigenvalue weighted by molar-refractivity contribution is 6.21. The van der Waals surface area contributed by atoms with Gasteiger partial charge in [0.15, 0.2) is 0 Å². The van der Waals surface area contributed by atoms with E-state index in [4.69, 9.17) is 21.1 Å². The van der Waals surface area contributed by atoms with Crippen molar-refractivity contribution in [1.29, 1.82) is 0 Å². The van der Waals surface area contributed by atoms with Gasteiger partial charge in [-0.05, 0) is 43.4 Å². The average molecular weight is 281 g/mol. The molecule has 0 bridgehead atoms. The minimum Gasteiger partial charge on any atom is -0.487 e. The summed E-state index contributed by atoms with van der Waals surface area (Å²) in [4.78, 5) is 0. The summed E-state index contributed by atoms with van der Waals surface area (Å²) in [7, 11) is 0. The predicted molar refractivity (Wildman–Crippen MR) is 77.0 cm³/mol. The van der Waals surface area contributed by atoms with E-state index in [1.807, 2.05) is 0 Å². The lowest BCUT2D eigenvalue weighted by Crippen LogP contribution is -2.24. The Bertz CT molecular complexity index is 484. The van der Waals surface area contributed by atoms with Crippen molar-refractivity contribution in [2.75, 3.05) is 6.61 Å². The number of fused-ring (bicyclic) bond motifs is 1. The molecule has 3 rings (SSSR count). The zero-order chi connectivity index (χ0) is 13.6. The maximum atomic E-state index is 6.61. The van der Waals surface area contributed by atoms with Gasteiger partial charge >= 0.3 is 0 Å². The number of halogens is 1. The first kappa shape index (κ1) is 13.3. The van der Waals surface area contributed by atoms with Crippen LogP contribution in [0.15, 0.2) is 18.2 Å². The maximum Gasteiger partial charge on any atom is 0.123 e. The van der Waals surface area contributed by atoms with Crippen molar-refractivity contribution in [3.05, 3.63) is 29.3 Å². The summed E-state index contributed by atoms with van der Waals surface area (Å²) < 4.78 is 11.7. The van der Waals surface area contributed by atoms with Crippen molar-refractivity contribution in [2.45, 2.75) is 50.7 Å². The summed E-state index contributed by atoms with van der Waals surface area (Å²) in [6.45, 7) is 7.28. The number of rotatable bonds is 2. The second-order valence-corrected chi connectivity index (χ2v) is 6.88. The SMILES string of the molecule is CC1CCOC1C(Cl)c1ccc2c(c1)CC(C)(C)O2. The van der Waals surface area contributed by atoms with E-state index in [1.54, 1.807) is 0 Å². The summed E-state index contributed by atoms with van der Waals surface area (Å²) in [6, 6.07) is 6.32. The van der Waals surface area contributed by atoms with Crippen LogP contribution < -0.4 is 4.74 Å². The monoisotopic (exact) mass is 280 g/mol. The first-order valence-corrected chi connectivity index (χ1v) is 7.47. The normalized spacial score (nSPS) is 29.9. The highest BCUT2D eigenvalue weighted by Gasteiger charge is 2.34. The molecule has 0 aliphatic carbocycles. The van der Waals surface area contributed by atoms with Crippen LogP contribution in [-0.4, -0.2) is 18.3 Å². The summed E-state index contributed by atoms with van der Waals surface area (Å²) in [5.74, 6) is 1.53. The Kier molecular flexibility index (Phi) is 3.26. The second-order valence-electron chi connectivity index (χ2n) is 6.41. The standard InChI is InChI=1S/C16H21ClO2/c1-10-6-7-18-15(10)14(17)11-4-5-13-12(8-11)9-16(2,3)19-13/h4-5,8,10,14-15H,6-7,9H2,1-3H3. The number of alkyl halides is 1. The minimum absolute atomic E-state index is 0.0634. The molecular formula is C16H21ClO2. The molecule has 1 fully saturated rings. The summed E-state index contributed by atoms with van der Waals surface area (Å²) in [6.07, 6.45) is 2.19. The van der Waals surface area contributed by atoms with Gasteiger partial charge in [0.1, 0.15) is 11.4 Å². The fraction of sp³-hybridized carbons (Fsp3) is 0.625. The van der Waals surface area contributed by atoms with Gasteiger partial charge in [0.2, 0.25) is 0 Å². The first-order chi connectivity index (χ1) is 8.96. The second kappa shape index (κ2) is 4.68. The minimum atomic E-state index is -0.0973. The van der Waals surface area contributed by atoms with Crippen molar-refractivity contribution in [3.63, 3.8) is 0 Å². The Labute approximate surface area is 120 Å². The Morgan fingerprint density at radius 2 is 2.16 bits per heavy atom. The van der Waals surface area contributed by atoms with Gasteiger partial charge in [-0.1, -0.05) is 19.1 Å². The third-order valence-corrected chi connectivity index (χ3v) is 4.64. The molecule has 2 nitrogen and oxygen atoms in total. The van der Waals surface area contributed by atoms with Gasteiger partial charge in [-0.15, -0.1) is 11.6 Å². The van der Waals surface area contributed by atoms with E-state index in [1.165, 1.54) is 5.56 Å². The van der Waals surface area contributed by atoms with E-state index >= 15 is 0 Å². The molecule has 2 aliphatic rings. The van der Waals surface area contributed by atoms with Crippen molar-refractivity contribution in [1.82, 2.24) is 0 Å². The maximum absolute atomic E-state index is 6.61. The predicted octanol–water partition coefficient (Wildman–Crippen LogP) is 4.11. The number of benzene rings is 1. The molecule has 1 aromatic rings. The number of hydrogen-bond donors (Lipinski definition) is 0. The molecule has 0 radical (unpaired) electrons. The van der Waals surface area contributed by atoms with Crippen molar-refractivity contribution in [2.24, 2.45) is 5.92 Å². The third kappa shape index (κ3) is 2.48. The Balaban J connectivity index is 1.83. The van der Waals surface area contributed by atoms with Gasteiger partial charge in [0, 0.05) is 13.0 Å². The molecule has 1 saturated heterocycles. The summed E-state index contributed by atoms with van der Waals surface area (Å²) >= 11 is 6.61. The zero-order valence-corrected chi connectivity index (χ0v) is 12.5. The lowest BCUT2D eigenvalue weighted by atomic mass is 9.94. The third-order valence-electron chi connectivity index (χ3n) is 4.14. The van der Waals surface area contributed by atoms with Crippen molar-refractivity contribution >= 4 is 11.6 Å². The van der Waals surface area contributed by atoms with E-state index in [0.29, 0.717) is 5.92 Å². The largest absolute Gasteiger partial charge is 0.487 e. The molecule has 0 N–H and O–H groups in total. The van der Waals surface area contributed by atoms with Gasteiger partial charge in [0.05, 0.1) is 11.5 Å². The Morgan fingerprint density at radius 3 is 2.84 bits per heavy atom. The molecule has 0 amide bonds. The molecule has 3 atom stereocenters. The first-order valence-electron chi connectivity index (χ1n) is 7.04. The lowest BCUT2D eigenvalue weighted by molar-refractivity contribution is 0.0903. The van der Waals surface area contributed by atoms with E-state index in [0.717, 1.165) is 30.8 Å². The molecule has 0 aromatic heterocycles. The fourth-order valence-electron chi connectivity index (χ4n) is 3.08. The zero-order valence-electron chi connectivity index (χ0n) is 11.8. The molecule has 2 aliphatic heterocycles. The average Bonchev–Trinajstić information content (AvgIpc) is 2.88. The van der Waals surface area contributed by atoms with Crippen LogP contribution in [-0.2, 0) is 11.2 Å². The van der Waals surface area contributed by atoms with E-state index in [-0.39, 0.29) is 17.1 Å². The van der Waals surface area contributed by atoms with Crippen LogP contribution in [0.1, 0.15) is 43.7 Å². The summed E-state index contributed by atoms with van der Waals surface area (Å²) in [5, 5.41) is -0.0634. The highest BCUT2D eigenvalue weighted by Crippen LogP contribution is 2.40. The van der Waals surface area contributed by atoms with Gasteiger partial charge in [-0.2, -0.15) is 0 Å². The molecule has 19 heavy (non-hydrogen) atoms. The van der Waals surface area contributed by atoms with Crippen LogP contribution in [0.2, 0.25) is 0 Å². The molecule has 3 unspecified atom stereocenters. The lowest BCUT2D eigenvalue weighted by Gasteiger charge is -2.21. The van der Waals surface area contributed by atoms with Gasteiger partial charge in [-0.25, -0.2) is 0 Å². The molecule has 0 saturated carbocycles. The molecule has 0 spiro atoms. The van der Waals surface area contributed by atoms with Crippen LogP contribution >= 0.6 is 11.6 Å². The van der Waals surface area contributed by atoms with Crippen LogP contribution in [0.3, 0.4) is 0 Å². The topological polar surface area (TPSA) is 18.5 Å². The summed E-state index contributed by atoms with van der Waals surface area (Å²) in [5.41, 5.74) is 2.32. The number of hydrogen-bond acceptors (Lipinski definition) is 2. The van der Waals surface area contributed by atoms with Crippen LogP contribution in [0.25, 0.3) is 0 Å². The van der Waals surface area contributed by atoms with Crippen molar-refractivity contribution < 1.29 is 9.47 Å². The van der Waals surface area contributed by atoms with Crippen LogP contribution in [0.4, 0.5) is 0 Å². The quantitative estimate of drug-likeness (QED) is 0.759. The molecule has 1 aromatic carbocycles. The van der Waals surface area contributed by atoms with Gasteiger partial charge in [-0.3, -0.25) is 0 Å². The van der Waals surface area contributed by atoms with Crippen molar-refractivity contribution in [3.8, 4) is 5.75 Å². The molecule has 3 heteroatoms. The number of ether oxygens (including phenoxy) is 2. The highest BCUT2D eigenvalue weighted by atomic mass is 35.5. The van der Waals surface area contributed by atoms with Crippen LogP contribution in [0, 0.1) is 5.92 Å². The van der Waals surface area contributed by atoms with Crippen LogP contribution in [0.5, 0.6) is 5.75 Å². The fourth-order valence-corrected chi connectivity index (χ4v) is 3.54. The van der Waals surface area contributed by atoms with Gasteiger partial charge in [0.25, 0.3) is 0 Å². The van der Waals surface area contributed by atoms with Gasteiger partial charge < -0.3 is 9.47 Å². The van der Waals surface area contributed by atoms with E-state index in [9.17, 15) is 0 Å². The van der Waals surface area contributed by atoms with E-state index < -0.39 is 0 Å². The molecule has 2 heterocycles. The Morgan fingerprint density at radius 1 is 1.37 bits per heavy atom. The van der Waals surface area contributed by atoms with E-state index in [2.05, 4.69) is 39.0 Å². The Hall–Kier alpha value is -0.730. The molecule has 104 valence electrons. The smallest absolute Gasteiger partial charge is 0.123 e. The molecular weight excluding hydrogens is 260 g/mol.